The number of hydrogen-bond acceptors (Lipinski definition) is 3. The van der Waals surface area contributed by atoms with Gasteiger partial charge in [0.05, 0.1) is 23.5 Å². The highest BCUT2D eigenvalue weighted by atomic mass is 35.5. The van der Waals surface area contributed by atoms with Crippen molar-refractivity contribution in [2.45, 2.75) is 31.4 Å². The van der Waals surface area contributed by atoms with Crippen molar-refractivity contribution < 1.29 is 9.18 Å². The van der Waals surface area contributed by atoms with Crippen molar-refractivity contribution in [2.24, 2.45) is 0 Å². The van der Waals surface area contributed by atoms with Gasteiger partial charge in [0.15, 0.2) is 0 Å². The Bertz CT molecular complexity index is 952. The number of alkyl halides is 1. The molecule has 0 radical (unpaired) electrons. The van der Waals surface area contributed by atoms with Crippen LogP contribution in [-0.4, -0.2) is 32.1 Å². The van der Waals surface area contributed by atoms with Crippen LogP contribution in [0.4, 0.5) is 10.2 Å². The van der Waals surface area contributed by atoms with E-state index in [-0.39, 0.29) is 11.8 Å². The molecule has 1 fully saturated rings. The number of hydrogen-bond donors (Lipinski definition) is 2. The molecule has 3 aromatic rings. The largest absolute Gasteiger partial charge is 0.311 e. The van der Waals surface area contributed by atoms with E-state index >= 15 is 0 Å². The molecule has 0 aliphatic heterocycles. The van der Waals surface area contributed by atoms with E-state index in [1.54, 1.807) is 42.2 Å². The van der Waals surface area contributed by atoms with E-state index < -0.39 is 12.1 Å². The van der Waals surface area contributed by atoms with E-state index in [4.69, 9.17) is 11.6 Å². The number of aromatic amines is 1. The molecule has 0 spiro atoms. The zero-order valence-electron chi connectivity index (χ0n) is 14.0. The first-order valence-corrected chi connectivity index (χ1v) is 8.70. The molecule has 6 nitrogen and oxygen atoms in total. The minimum Gasteiger partial charge on any atom is -0.311 e. The van der Waals surface area contributed by atoms with Gasteiger partial charge in [-0.2, -0.15) is 10.2 Å². The van der Waals surface area contributed by atoms with Crippen molar-refractivity contribution >= 4 is 23.3 Å². The van der Waals surface area contributed by atoms with Crippen LogP contribution in [0.5, 0.6) is 0 Å². The Morgan fingerprint density at radius 3 is 3.00 bits per heavy atom. The summed E-state index contributed by atoms with van der Waals surface area (Å²) >= 11 is 6.00. The normalized spacial score (nSPS) is 20.0. The Hall–Kier alpha value is -2.67. The zero-order valence-corrected chi connectivity index (χ0v) is 14.7. The third kappa shape index (κ3) is 3.35. The third-order valence-electron chi connectivity index (χ3n) is 4.52. The van der Waals surface area contributed by atoms with Crippen LogP contribution in [0.2, 0.25) is 5.02 Å². The Kier molecular flexibility index (Phi) is 4.24. The molecule has 26 heavy (non-hydrogen) atoms. The second-order valence-corrected chi connectivity index (χ2v) is 6.91. The van der Waals surface area contributed by atoms with Crippen molar-refractivity contribution in [1.29, 1.82) is 0 Å². The van der Waals surface area contributed by atoms with Crippen molar-refractivity contribution in [1.82, 2.24) is 20.0 Å². The molecule has 3 atom stereocenters. The van der Waals surface area contributed by atoms with Crippen molar-refractivity contribution in [3.63, 3.8) is 0 Å². The van der Waals surface area contributed by atoms with Crippen LogP contribution in [0.3, 0.4) is 0 Å². The van der Waals surface area contributed by atoms with Crippen LogP contribution in [0, 0.1) is 0 Å². The minimum absolute atomic E-state index is 0.148. The van der Waals surface area contributed by atoms with Crippen molar-refractivity contribution in [3.8, 4) is 5.69 Å². The average molecular weight is 374 g/mol. The van der Waals surface area contributed by atoms with E-state index in [0.29, 0.717) is 23.0 Å². The molecule has 4 rings (SSSR count). The number of aromatic nitrogens is 4. The molecule has 1 unspecified atom stereocenters. The molecule has 2 aromatic heterocycles. The number of carbonyl (C=O) groups is 1. The lowest BCUT2D eigenvalue weighted by Crippen LogP contribution is -2.18. The fourth-order valence-electron chi connectivity index (χ4n) is 2.77. The number of nitrogens with zero attached hydrogens (tertiary/aromatic N) is 3. The molecule has 1 aliphatic rings. The summed E-state index contributed by atoms with van der Waals surface area (Å²) in [5, 5.41) is 14.5. The monoisotopic (exact) mass is 373 g/mol. The molecule has 8 heteroatoms. The van der Waals surface area contributed by atoms with Crippen LogP contribution < -0.4 is 5.32 Å². The van der Waals surface area contributed by atoms with Gasteiger partial charge in [-0.15, -0.1) is 0 Å². The quantitative estimate of drug-likeness (QED) is 0.714. The molecule has 1 aliphatic carbocycles. The molecule has 2 N–H and O–H groups in total. The van der Waals surface area contributed by atoms with Crippen LogP contribution in [0.25, 0.3) is 5.69 Å². The molecule has 1 aromatic carbocycles. The maximum Gasteiger partial charge on any atom is 0.232 e. The summed E-state index contributed by atoms with van der Waals surface area (Å²) in [6.45, 7) is 1.80. The number of benzene rings is 1. The lowest BCUT2D eigenvalue weighted by Gasteiger charge is -2.08. The number of amides is 1. The predicted molar refractivity (Wildman–Crippen MR) is 96.5 cm³/mol. The van der Waals surface area contributed by atoms with E-state index in [1.807, 2.05) is 12.1 Å². The standard InChI is InChI=1S/C18H17ClFN5O/c1-10(11-8-21-25(9-11)13-4-2-3-12(19)5-13)18(26)22-17-7-16(23-24-17)14-6-15(14)20/h2-5,7-10,14-15H,6H2,1H3,(H2,22,23,24,26)/t10?,14-,15-/m1/s1. The number of nitrogens with one attached hydrogen (secondary N) is 2. The van der Waals surface area contributed by atoms with Gasteiger partial charge in [0, 0.05) is 28.8 Å². The van der Waals surface area contributed by atoms with Crippen LogP contribution in [0.15, 0.2) is 42.7 Å². The number of rotatable bonds is 5. The summed E-state index contributed by atoms with van der Waals surface area (Å²) in [4.78, 5) is 12.5. The SMILES string of the molecule is CC(C(=O)Nc1cc([C@@H]2C[C@H]2F)n[nH]1)c1cnn(-c2cccc(Cl)c2)c1. The van der Waals surface area contributed by atoms with E-state index in [2.05, 4.69) is 20.6 Å². The topological polar surface area (TPSA) is 75.6 Å². The van der Waals surface area contributed by atoms with Gasteiger partial charge < -0.3 is 5.32 Å². The molecule has 0 saturated heterocycles. The predicted octanol–water partition coefficient (Wildman–Crippen LogP) is 3.82. The molecule has 2 heterocycles. The lowest BCUT2D eigenvalue weighted by molar-refractivity contribution is -0.117. The van der Waals surface area contributed by atoms with Gasteiger partial charge in [-0.05, 0) is 31.5 Å². The molecule has 1 amide bonds. The highest BCUT2D eigenvalue weighted by Crippen LogP contribution is 2.43. The molecule has 1 saturated carbocycles. The summed E-state index contributed by atoms with van der Waals surface area (Å²) in [5.41, 5.74) is 2.24. The Morgan fingerprint density at radius 2 is 2.27 bits per heavy atom. The average Bonchev–Trinajstić information content (AvgIpc) is 3.05. The van der Waals surface area contributed by atoms with E-state index in [1.165, 1.54) is 0 Å². The van der Waals surface area contributed by atoms with Crippen molar-refractivity contribution in [2.75, 3.05) is 5.32 Å². The molecule has 134 valence electrons. The number of anilines is 1. The van der Waals surface area contributed by atoms with Crippen LogP contribution >= 0.6 is 11.6 Å². The van der Waals surface area contributed by atoms with E-state index in [0.717, 1.165) is 11.3 Å². The Balaban J connectivity index is 1.44. The summed E-state index contributed by atoms with van der Waals surface area (Å²) in [7, 11) is 0. The third-order valence-corrected chi connectivity index (χ3v) is 4.75. The van der Waals surface area contributed by atoms with Gasteiger partial charge in [-0.3, -0.25) is 9.89 Å². The fourth-order valence-corrected chi connectivity index (χ4v) is 2.96. The molecular weight excluding hydrogens is 357 g/mol. The second kappa shape index (κ2) is 6.57. The van der Waals surface area contributed by atoms with E-state index in [9.17, 15) is 9.18 Å². The lowest BCUT2D eigenvalue weighted by atomic mass is 10.0. The van der Waals surface area contributed by atoms with Gasteiger partial charge in [-0.1, -0.05) is 17.7 Å². The fraction of sp³-hybridized carbons (Fsp3) is 0.278. The first-order valence-electron chi connectivity index (χ1n) is 8.32. The highest BCUT2D eigenvalue weighted by Gasteiger charge is 2.40. The molecular formula is C18H17ClFN5O. The maximum atomic E-state index is 13.1. The highest BCUT2D eigenvalue weighted by molar-refractivity contribution is 6.30. The maximum absolute atomic E-state index is 13.1. The number of H-pyrrole nitrogens is 1. The summed E-state index contributed by atoms with van der Waals surface area (Å²) in [6.07, 6.45) is 3.13. The number of halogens is 2. The minimum atomic E-state index is -0.821. The van der Waals surface area contributed by atoms with Gasteiger partial charge in [0.2, 0.25) is 5.91 Å². The van der Waals surface area contributed by atoms with Crippen LogP contribution in [-0.2, 0) is 4.79 Å². The van der Waals surface area contributed by atoms with Gasteiger partial charge >= 0.3 is 0 Å². The molecule has 0 bridgehead atoms. The zero-order chi connectivity index (χ0) is 18.3. The smallest absolute Gasteiger partial charge is 0.232 e. The van der Waals surface area contributed by atoms with Gasteiger partial charge in [0.1, 0.15) is 12.0 Å². The first kappa shape index (κ1) is 16.8. The summed E-state index contributed by atoms with van der Waals surface area (Å²) < 4.78 is 14.8. The Labute approximate surface area is 154 Å². The second-order valence-electron chi connectivity index (χ2n) is 6.47. The van der Waals surface area contributed by atoms with Gasteiger partial charge in [-0.25, -0.2) is 9.07 Å². The summed E-state index contributed by atoms with van der Waals surface area (Å²) in [5.74, 6) is -0.286. The van der Waals surface area contributed by atoms with Crippen molar-refractivity contribution in [3.05, 3.63) is 59.0 Å². The van der Waals surface area contributed by atoms with Crippen LogP contribution in [0.1, 0.15) is 36.4 Å². The Morgan fingerprint density at radius 1 is 1.46 bits per heavy atom. The summed E-state index contributed by atoms with van der Waals surface area (Å²) in [6, 6.07) is 8.99. The first-order chi connectivity index (χ1) is 12.5. The van der Waals surface area contributed by atoms with Gasteiger partial charge in [0.25, 0.3) is 0 Å². The number of carbonyl (C=O) groups excluding carboxylic acids is 1.